The molecule has 0 aliphatic heterocycles. The minimum Gasteiger partial charge on any atom is -0.463 e. The zero-order valence-electron chi connectivity index (χ0n) is 9.45. The monoisotopic (exact) mass is 249 g/mol. The van der Waals surface area contributed by atoms with E-state index in [1.54, 1.807) is 7.05 Å². The molecule has 3 rings (SSSR count). The molecule has 2 heterocycles. The Morgan fingerprint density at radius 3 is 2.72 bits per heavy atom. The van der Waals surface area contributed by atoms with Crippen molar-refractivity contribution in [3.05, 3.63) is 36.1 Å². The first-order valence-electron chi connectivity index (χ1n) is 5.23. The number of rotatable bonds is 1. The molecule has 2 aromatic heterocycles. The topological polar surface area (TPSA) is 57.0 Å². The lowest BCUT2D eigenvalue weighted by atomic mass is 10.1. The fraction of sp³-hybridized carbons (Fsp3) is 0.0833. The number of hydrogen-bond acceptors (Lipinski definition) is 3. The highest BCUT2D eigenvalue weighted by molar-refractivity contribution is 5.92. The summed E-state index contributed by atoms with van der Waals surface area (Å²) in [5, 5.41) is 4.29. The van der Waals surface area contributed by atoms with Crippen molar-refractivity contribution >= 4 is 16.8 Å². The molecule has 0 atom stereocenters. The van der Waals surface area contributed by atoms with E-state index in [9.17, 15) is 8.78 Å². The van der Waals surface area contributed by atoms with Crippen molar-refractivity contribution in [3.63, 3.8) is 0 Å². The summed E-state index contributed by atoms with van der Waals surface area (Å²) in [6, 6.07) is 3.77. The molecule has 4 nitrogen and oxygen atoms in total. The first-order chi connectivity index (χ1) is 8.58. The number of nitrogens with two attached hydrogens (primary N) is 1. The Balaban J connectivity index is 2.37. The molecule has 0 saturated heterocycles. The SMILES string of the molecule is Cn1nc(-c2c(F)cc(F)c3ccoc23)cc1N. The zero-order valence-corrected chi connectivity index (χ0v) is 9.45. The third-order valence-corrected chi connectivity index (χ3v) is 2.81. The lowest BCUT2D eigenvalue weighted by Crippen LogP contribution is -1.97. The molecule has 0 radical (unpaired) electrons. The summed E-state index contributed by atoms with van der Waals surface area (Å²) >= 11 is 0. The molecule has 2 N–H and O–H groups in total. The number of aryl methyl sites for hydroxylation is 1. The molecule has 0 fully saturated rings. The molecule has 0 aliphatic carbocycles. The molecule has 0 saturated carbocycles. The van der Waals surface area contributed by atoms with Gasteiger partial charge in [-0.05, 0) is 6.07 Å². The fourth-order valence-electron chi connectivity index (χ4n) is 1.90. The van der Waals surface area contributed by atoms with Gasteiger partial charge >= 0.3 is 0 Å². The highest BCUT2D eigenvalue weighted by Crippen LogP contribution is 2.33. The van der Waals surface area contributed by atoms with Crippen LogP contribution in [0.15, 0.2) is 28.9 Å². The normalized spacial score (nSPS) is 11.3. The second-order valence-electron chi connectivity index (χ2n) is 3.96. The number of nitrogens with zero attached hydrogens (tertiary/aromatic N) is 2. The lowest BCUT2D eigenvalue weighted by Gasteiger charge is -2.01. The molecule has 6 heteroatoms. The second-order valence-corrected chi connectivity index (χ2v) is 3.96. The van der Waals surface area contributed by atoms with Crippen LogP contribution in [-0.2, 0) is 7.05 Å². The van der Waals surface area contributed by atoms with E-state index in [2.05, 4.69) is 5.10 Å². The first kappa shape index (κ1) is 10.8. The Labute approximate surface area is 101 Å². The Hall–Kier alpha value is -2.37. The van der Waals surface area contributed by atoms with E-state index in [1.165, 1.54) is 23.1 Å². The van der Waals surface area contributed by atoms with Gasteiger partial charge in [-0.15, -0.1) is 0 Å². The van der Waals surface area contributed by atoms with Crippen LogP contribution < -0.4 is 5.73 Å². The lowest BCUT2D eigenvalue weighted by molar-refractivity contribution is 0.579. The third kappa shape index (κ3) is 1.38. The van der Waals surface area contributed by atoms with Gasteiger partial charge in [0.2, 0.25) is 0 Å². The van der Waals surface area contributed by atoms with Crippen LogP contribution in [0.4, 0.5) is 14.6 Å². The number of fused-ring (bicyclic) bond motifs is 1. The van der Waals surface area contributed by atoms with Gasteiger partial charge in [-0.25, -0.2) is 8.78 Å². The molecule has 3 aromatic rings. The highest BCUT2D eigenvalue weighted by atomic mass is 19.1. The number of anilines is 1. The molecular formula is C12H9F2N3O. The van der Waals surface area contributed by atoms with Crippen LogP contribution in [0.5, 0.6) is 0 Å². The van der Waals surface area contributed by atoms with Gasteiger partial charge < -0.3 is 10.2 Å². The minimum absolute atomic E-state index is 0.115. The van der Waals surface area contributed by atoms with Crippen molar-refractivity contribution < 1.29 is 13.2 Å². The number of hydrogen-bond donors (Lipinski definition) is 1. The predicted molar refractivity (Wildman–Crippen MR) is 62.7 cm³/mol. The minimum atomic E-state index is -0.729. The summed E-state index contributed by atoms with van der Waals surface area (Å²) in [6.45, 7) is 0. The third-order valence-electron chi connectivity index (χ3n) is 2.81. The summed E-state index contributed by atoms with van der Waals surface area (Å²) in [7, 11) is 1.64. The molecule has 0 amide bonds. The molecule has 0 aliphatic rings. The van der Waals surface area contributed by atoms with Gasteiger partial charge in [-0.1, -0.05) is 0 Å². The predicted octanol–water partition coefficient (Wildman–Crippen LogP) is 2.69. The van der Waals surface area contributed by atoms with E-state index in [4.69, 9.17) is 10.2 Å². The first-order valence-corrected chi connectivity index (χ1v) is 5.23. The average molecular weight is 249 g/mol. The van der Waals surface area contributed by atoms with Crippen LogP contribution in [0.25, 0.3) is 22.2 Å². The summed E-state index contributed by atoms with van der Waals surface area (Å²) in [5.74, 6) is -1.01. The Bertz CT molecular complexity index is 726. The summed E-state index contributed by atoms with van der Waals surface area (Å²) in [4.78, 5) is 0. The number of aromatic nitrogens is 2. The van der Waals surface area contributed by atoms with Crippen LogP contribution in [0.2, 0.25) is 0 Å². The van der Waals surface area contributed by atoms with E-state index in [0.29, 0.717) is 11.5 Å². The largest absolute Gasteiger partial charge is 0.463 e. The average Bonchev–Trinajstić information content (AvgIpc) is 2.88. The van der Waals surface area contributed by atoms with Crippen LogP contribution >= 0.6 is 0 Å². The van der Waals surface area contributed by atoms with Crippen molar-refractivity contribution in [2.75, 3.05) is 5.73 Å². The van der Waals surface area contributed by atoms with Gasteiger partial charge in [0.15, 0.2) is 0 Å². The van der Waals surface area contributed by atoms with Gasteiger partial charge in [-0.2, -0.15) is 5.10 Å². The van der Waals surface area contributed by atoms with Gasteiger partial charge in [0.05, 0.1) is 17.2 Å². The van der Waals surface area contributed by atoms with Crippen LogP contribution in [0.3, 0.4) is 0 Å². The molecule has 18 heavy (non-hydrogen) atoms. The smallest absolute Gasteiger partial charge is 0.149 e. The van der Waals surface area contributed by atoms with E-state index in [0.717, 1.165) is 6.07 Å². The Kier molecular flexibility index (Phi) is 2.13. The number of furan rings is 1. The van der Waals surface area contributed by atoms with E-state index < -0.39 is 11.6 Å². The number of halogens is 2. The quantitative estimate of drug-likeness (QED) is 0.721. The zero-order chi connectivity index (χ0) is 12.9. The van der Waals surface area contributed by atoms with Crippen molar-refractivity contribution in [2.45, 2.75) is 0 Å². The molecular weight excluding hydrogens is 240 g/mol. The molecule has 0 bridgehead atoms. The fourth-order valence-corrected chi connectivity index (χ4v) is 1.90. The van der Waals surface area contributed by atoms with Crippen molar-refractivity contribution in [2.24, 2.45) is 7.05 Å². The molecule has 1 aromatic carbocycles. The Morgan fingerprint density at radius 1 is 1.28 bits per heavy atom. The van der Waals surface area contributed by atoms with Crippen molar-refractivity contribution in [1.29, 1.82) is 0 Å². The number of nitrogen functional groups attached to an aromatic ring is 1. The van der Waals surface area contributed by atoms with E-state index >= 15 is 0 Å². The summed E-state index contributed by atoms with van der Waals surface area (Å²) in [5.41, 5.74) is 6.21. The molecule has 92 valence electrons. The van der Waals surface area contributed by atoms with Crippen LogP contribution in [-0.4, -0.2) is 9.78 Å². The van der Waals surface area contributed by atoms with E-state index in [1.807, 2.05) is 0 Å². The summed E-state index contributed by atoms with van der Waals surface area (Å²) in [6.07, 6.45) is 1.31. The maximum atomic E-state index is 13.9. The second kappa shape index (κ2) is 3.56. The maximum absolute atomic E-state index is 13.9. The maximum Gasteiger partial charge on any atom is 0.149 e. The van der Waals surface area contributed by atoms with Gasteiger partial charge in [0.25, 0.3) is 0 Å². The standard InChI is InChI=1S/C12H9F2N3O/c1-17-10(15)5-9(16-17)11-8(14)4-7(13)6-2-3-18-12(6)11/h2-5H,15H2,1H3. The Morgan fingerprint density at radius 2 is 2.06 bits per heavy atom. The highest BCUT2D eigenvalue weighted by Gasteiger charge is 2.19. The van der Waals surface area contributed by atoms with Crippen LogP contribution in [0, 0.1) is 11.6 Å². The van der Waals surface area contributed by atoms with E-state index in [-0.39, 0.29) is 16.5 Å². The van der Waals surface area contributed by atoms with Gasteiger partial charge in [0.1, 0.15) is 28.7 Å². The molecule has 0 spiro atoms. The van der Waals surface area contributed by atoms with Gasteiger partial charge in [0, 0.05) is 19.2 Å². The van der Waals surface area contributed by atoms with Gasteiger partial charge in [-0.3, -0.25) is 4.68 Å². The van der Waals surface area contributed by atoms with Crippen molar-refractivity contribution in [3.8, 4) is 11.3 Å². The van der Waals surface area contributed by atoms with Crippen molar-refractivity contribution in [1.82, 2.24) is 9.78 Å². The van der Waals surface area contributed by atoms with Crippen LogP contribution in [0.1, 0.15) is 0 Å². The summed E-state index contributed by atoms with van der Waals surface area (Å²) < 4.78 is 34.0. The molecule has 0 unspecified atom stereocenters. The number of benzene rings is 1.